The standard InChI is InChI=1S/C9H17NO4/c1-3-14-9(13)5-4-8(12)10-6-7(2)11/h7,11H,3-6H2,1-2H3,(H,10,12). The van der Waals surface area contributed by atoms with Crippen LogP contribution in [0.3, 0.4) is 0 Å². The van der Waals surface area contributed by atoms with E-state index < -0.39 is 6.10 Å². The molecular weight excluding hydrogens is 186 g/mol. The Hall–Kier alpha value is -1.10. The molecule has 1 atom stereocenters. The summed E-state index contributed by atoms with van der Waals surface area (Å²) in [5.74, 6) is -0.626. The van der Waals surface area contributed by atoms with Gasteiger partial charge in [0.25, 0.3) is 0 Å². The van der Waals surface area contributed by atoms with Crippen molar-refractivity contribution in [1.82, 2.24) is 5.32 Å². The van der Waals surface area contributed by atoms with Gasteiger partial charge in [-0.25, -0.2) is 0 Å². The van der Waals surface area contributed by atoms with Gasteiger partial charge in [0.1, 0.15) is 0 Å². The topological polar surface area (TPSA) is 75.6 Å². The number of hydrogen-bond donors (Lipinski definition) is 2. The summed E-state index contributed by atoms with van der Waals surface area (Å²) in [5.41, 5.74) is 0. The van der Waals surface area contributed by atoms with Crippen LogP contribution in [0.5, 0.6) is 0 Å². The van der Waals surface area contributed by atoms with Gasteiger partial charge in [-0.05, 0) is 13.8 Å². The molecule has 5 heteroatoms. The number of rotatable bonds is 6. The van der Waals surface area contributed by atoms with Crippen molar-refractivity contribution in [3.8, 4) is 0 Å². The van der Waals surface area contributed by atoms with Crippen molar-refractivity contribution in [2.45, 2.75) is 32.8 Å². The van der Waals surface area contributed by atoms with E-state index in [0.717, 1.165) is 0 Å². The average molecular weight is 203 g/mol. The van der Waals surface area contributed by atoms with Crippen LogP contribution in [0, 0.1) is 0 Å². The highest BCUT2D eigenvalue weighted by Gasteiger charge is 2.07. The molecular formula is C9H17NO4. The molecule has 0 heterocycles. The zero-order valence-electron chi connectivity index (χ0n) is 8.58. The molecule has 14 heavy (non-hydrogen) atoms. The summed E-state index contributed by atoms with van der Waals surface area (Å²) in [6, 6.07) is 0. The molecule has 1 unspecified atom stereocenters. The summed E-state index contributed by atoms with van der Waals surface area (Å²) in [4.78, 5) is 21.9. The zero-order valence-corrected chi connectivity index (χ0v) is 8.58. The van der Waals surface area contributed by atoms with Gasteiger partial charge in [0, 0.05) is 13.0 Å². The Labute approximate surface area is 83.4 Å². The highest BCUT2D eigenvalue weighted by atomic mass is 16.5. The maximum absolute atomic E-state index is 11.0. The molecule has 5 nitrogen and oxygen atoms in total. The predicted molar refractivity (Wildman–Crippen MR) is 50.6 cm³/mol. The number of aliphatic hydroxyl groups excluding tert-OH is 1. The first-order valence-electron chi connectivity index (χ1n) is 4.66. The summed E-state index contributed by atoms with van der Waals surface area (Å²) in [6.07, 6.45) is -0.382. The van der Waals surface area contributed by atoms with Crippen molar-refractivity contribution >= 4 is 11.9 Å². The molecule has 0 saturated carbocycles. The largest absolute Gasteiger partial charge is 0.466 e. The van der Waals surface area contributed by atoms with Gasteiger partial charge in [-0.15, -0.1) is 0 Å². The fraction of sp³-hybridized carbons (Fsp3) is 0.778. The summed E-state index contributed by atoms with van der Waals surface area (Å²) in [7, 11) is 0. The van der Waals surface area contributed by atoms with Crippen LogP contribution in [-0.4, -0.2) is 36.2 Å². The SMILES string of the molecule is CCOC(=O)CCC(=O)NCC(C)O. The predicted octanol–water partition coefficient (Wildman–Crippen LogP) is -0.173. The lowest BCUT2D eigenvalue weighted by Crippen LogP contribution is -2.30. The number of carbonyl (C=O) groups excluding carboxylic acids is 2. The minimum Gasteiger partial charge on any atom is -0.466 e. The quantitative estimate of drug-likeness (QED) is 0.587. The Morgan fingerprint density at radius 1 is 1.43 bits per heavy atom. The van der Waals surface area contributed by atoms with Gasteiger partial charge >= 0.3 is 5.97 Å². The van der Waals surface area contributed by atoms with Gasteiger partial charge in [0.2, 0.25) is 5.91 Å². The highest BCUT2D eigenvalue weighted by molar-refractivity contribution is 5.81. The molecule has 0 radical (unpaired) electrons. The third-order valence-electron chi connectivity index (χ3n) is 1.46. The number of carbonyl (C=O) groups is 2. The number of esters is 1. The molecule has 0 aliphatic heterocycles. The highest BCUT2D eigenvalue weighted by Crippen LogP contribution is 1.92. The maximum atomic E-state index is 11.0. The minimum absolute atomic E-state index is 0.0828. The normalized spacial score (nSPS) is 11.9. The van der Waals surface area contributed by atoms with Crippen molar-refractivity contribution in [3.63, 3.8) is 0 Å². The van der Waals surface area contributed by atoms with Gasteiger partial charge < -0.3 is 15.2 Å². The Morgan fingerprint density at radius 2 is 2.07 bits per heavy atom. The van der Waals surface area contributed by atoms with Crippen LogP contribution in [-0.2, 0) is 14.3 Å². The van der Waals surface area contributed by atoms with Gasteiger partial charge in [-0.2, -0.15) is 0 Å². The van der Waals surface area contributed by atoms with Crippen molar-refractivity contribution in [2.24, 2.45) is 0 Å². The molecule has 0 saturated heterocycles. The first-order valence-corrected chi connectivity index (χ1v) is 4.66. The van der Waals surface area contributed by atoms with Crippen molar-refractivity contribution < 1.29 is 19.4 Å². The van der Waals surface area contributed by atoms with Crippen molar-refractivity contribution in [3.05, 3.63) is 0 Å². The monoisotopic (exact) mass is 203 g/mol. The number of ether oxygens (including phenoxy) is 1. The second-order valence-electron chi connectivity index (χ2n) is 2.96. The smallest absolute Gasteiger partial charge is 0.306 e. The van der Waals surface area contributed by atoms with E-state index in [1.165, 1.54) is 0 Å². The van der Waals surface area contributed by atoms with E-state index >= 15 is 0 Å². The van der Waals surface area contributed by atoms with E-state index in [2.05, 4.69) is 10.1 Å². The number of amides is 1. The Balaban J connectivity index is 3.48. The van der Waals surface area contributed by atoms with Gasteiger partial charge in [-0.1, -0.05) is 0 Å². The van der Waals surface area contributed by atoms with Crippen LogP contribution in [0.25, 0.3) is 0 Å². The molecule has 0 aromatic carbocycles. The van der Waals surface area contributed by atoms with Gasteiger partial charge in [-0.3, -0.25) is 9.59 Å². The number of aliphatic hydroxyl groups is 1. The molecule has 0 aromatic heterocycles. The minimum atomic E-state index is -0.568. The Bertz CT molecular complexity index is 191. The lowest BCUT2D eigenvalue weighted by molar-refractivity contribution is -0.144. The third-order valence-corrected chi connectivity index (χ3v) is 1.46. The van der Waals surface area contributed by atoms with E-state index in [1.54, 1.807) is 13.8 Å². The first kappa shape index (κ1) is 12.9. The molecule has 0 bridgehead atoms. The van der Waals surface area contributed by atoms with Crippen molar-refractivity contribution in [2.75, 3.05) is 13.2 Å². The lowest BCUT2D eigenvalue weighted by Gasteiger charge is -2.06. The fourth-order valence-electron chi connectivity index (χ4n) is 0.799. The lowest BCUT2D eigenvalue weighted by atomic mass is 10.3. The summed E-state index contributed by atoms with van der Waals surface area (Å²) in [6.45, 7) is 3.83. The summed E-state index contributed by atoms with van der Waals surface area (Å²) < 4.78 is 4.65. The second-order valence-corrected chi connectivity index (χ2v) is 2.96. The van der Waals surface area contributed by atoms with Crippen LogP contribution in [0.1, 0.15) is 26.7 Å². The molecule has 0 aliphatic rings. The van der Waals surface area contributed by atoms with Crippen LogP contribution in [0.2, 0.25) is 0 Å². The molecule has 0 fully saturated rings. The van der Waals surface area contributed by atoms with Crippen molar-refractivity contribution in [1.29, 1.82) is 0 Å². The van der Waals surface area contributed by atoms with E-state index in [0.29, 0.717) is 6.61 Å². The molecule has 0 aliphatic carbocycles. The van der Waals surface area contributed by atoms with Gasteiger partial charge in [0.05, 0.1) is 19.1 Å². The number of hydrogen-bond acceptors (Lipinski definition) is 4. The average Bonchev–Trinajstić information content (AvgIpc) is 2.12. The maximum Gasteiger partial charge on any atom is 0.306 e. The summed E-state index contributed by atoms with van der Waals surface area (Å²) in [5, 5.41) is 11.3. The first-order chi connectivity index (χ1) is 6.56. The second kappa shape index (κ2) is 7.32. The van der Waals surface area contributed by atoms with E-state index in [4.69, 9.17) is 5.11 Å². The molecule has 0 aromatic rings. The van der Waals surface area contributed by atoms with E-state index in [9.17, 15) is 9.59 Å². The van der Waals surface area contributed by atoms with E-state index in [-0.39, 0.29) is 31.3 Å². The molecule has 0 spiro atoms. The molecule has 2 N–H and O–H groups in total. The molecule has 82 valence electrons. The fourth-order valence-corrected chi connectivity index (χ4v) is 0.799. The van der Waals surface area contributed by atoms with Crippen LogP contribution in [0.4, 0.5) is 0 Å². The van der Waals surface area contributed by atoms with Crippen LogP contribution >= 0.6 is 0 Å². The van der Waals surface area contributed by atoms with Crippen LogP contribution in [0.15, 0.2) is 0 Å². The third kappa shape index (κ3) is 7.54. The molecule has 1 amide bonds. The van der Waals surface area contributed by atoms with Gasteiger partial charge in [0.15, 0.2) is 0 Å². The molecule has 0 rings (SSSR count). The number of nitrogens with one attached hydrogen (secondary N) is 1. The zero-order chi connectivity index (χ0) is 11.0. The summed E-state index contributed by atoms with van der Waals surface area (Å²) >= 11 is 0. The van der Waals surface area contributed by atoms with Crippen LogP contribution < -0.4 is 5.32 Å². The Morgan fingerprint density at radius 3 is 2.57 bits per heavy atom. The Kier molecular flexibility index (Phi) is 6.74. The van der Waals surface area contributed by atoms with E-state index in [1.807, 2.05) is 0 Å².